The molecule has 2 N–H and O–H groups in total. The third kappa shape index (κ3) is 5.63. The molecule has 0 radical (unpaired) electrons. The van der Waals surface area contributed by atoms with Crippen LogP contribution in [-0.2, 0) is 0 Å². The lowest BCUT2D eigenvalue weighted by atomic mass is 10.1. The molecular weight excluding hydrogens is 292 g/mol. The normalized spacial score (nSPS) is 12.0. The van der Waals surface area contributed by atoms with Gasteiger partial charge in [-0.2, -0.15) is 11.8 Å². The van der Waals surface area contributed by atoms with Gasteiger partial charge in [0.15, 0.2) is 0 Å². The highest BCUT2D eigenvalue weighted by Gasteiger charge is 2.14. The molecule has 0 aliphatic rings. The molecule has 1 amide bonds. The van der Waals surface area contributed by atoms with Crippen molar-refractivity contribution >= 4 is 35.0 Å². The van der Waals surface area contributed by atoms with Gasteiger partial charge in [0.1, 0.15) is 0 Å². The van der Waals surface area contributed by atoms with Crippen LogP contribution in [0, 0.1) is 0 Å². The maximum atomic E-state index is 12.3. The van der Waals surface area contributed by atoms with E-state index in [1.165, 1.54) is 0 Å². The second kappa shape index (κ2) is 9.14. The van der Waals surface area contributed by atoms with Gasteiger partial charge in [0, 0.05) is 23.3 Å². The summed E-state index contributed by atoms with van der Waals surface area (Å²) >= 11 is 7.88. The largest absolute Gasteiger partial charge is 0.385 e. The molecule has 0 aromatic heterocycles. The smallest absolute Gasteiger partial charge is 0.253 e. The van der Waals surface area contributed by atoms with Crippen LogP contribution in [0.1, 0.15) is 37.6 Å². The molecule has 0 fully saturated rings. The number of hydrogen-bond donors (Lipinski definition) is 2. The Bertz CT molecular complexity index is 440. The Labute approximate surface area is 130 Å². The third-order valence-electron chi connectivity index (χ3n) is 2.87. The van der Waals surface area contributed by atoms with Crippen molar-refractivity contribution in [2.45, 2.75) is 33.2 Å². The second-order valence-electron chi connectivity index (χ2n) is 4.58. The van der Waals surface area contributed by atoms with Crippen LogP contribution < -0.4 is 10.6 Å². The zero-order chi connectivity index (χ0) is 15.0. The van der Waals surface area contributed by atoms with Crippen LogP contribution in [0.2, 0.25) is 5.02 Å². The van der Waals surface area contributed by atoms with E-state index in [9.17, 15) is 4.79 Å². The Morgan fingerprint density at radius 2 is 2.15 bits per heavy atom. The molecule has 5 heteroatoms. The van der Waals surface area contributed by atoms with Gasteiger partial charge in [-0.05, 0) is 50.0 Å². The van der Waals surface area contributed by atoms with E-state index in [4.69, 9.17) is 11.6 Å². The van der Waals surface area contributed by atoms with Crippen LogP contribution in [0.4, 0.5) is 5.69 Å². The van der Waals surface area contributed by atoms with Crippen LogP contribution in [0.5, 0.6) is 0 Å². The predicted octanol–water partition coefficient (Wildman–Crippen LogP) is 4.03. The van der Waals surface area contributed by atoms with E-state index in [0.717, 1.165) is 30.2 Å². The van der Waals surface area contributed by atoms with E-state index < -0.39 is 0 Å². The standard InChI is InChI=1S/C15H23ClN2OS/c1-4-17-14-7-6-12(16)10-13(14)15(19)18-11(3)8-9-20-5-2/h6-7,10-11,17H,4-5,8-9H2,1-3H3,(H,18,19). The highest BCUT2D eigenvalue weighted by molar-refractivity contribution is 7.99. The van der Waals surface area contributed by atoms with E-state index >= 15 is 0 Å². The Balaban J connectivity index is 2.68. The number of nitrogens with one attached hydrogen (secondary N) is 2. The fraction of sp³-hybridized carbons (Fsp3) is 0.533. The fourth-order valence-corrected chi connectivity index (χ4v) is 2.81. The fourth-order valence-electron chi connectivity index (χ4n) is 1.83. The van der Waals surface area contributed by atoms with Crippen molar-refractivity contribution in [2.75, 3.05) is 23.4 Å². The van der Waals surface area contributed by atoms with Gasteiger partial charge in [0.2, 0.25) is 0 Å². The van der Waals surface area contributed by atoms with Gasteiger partial charge in [-0.3, -0.25) is 4.79 Å². The zero-order valence-corrected chi connectivity index (χ0v) is 13.9. The maximum Gasteiger partial charge on any atom is 0.253 e. The first-order valence-electron chi connectivity index (χ1n) is 7.00. The highest BCUT2D eigenvalue weighted by atomic mass is 35.5. The van der Waals surface area contributed by atoms with Crippen LogP contribution in [0.3, 0.4) is 0 Å². The van der Waals surface area contributed by atoms with Crippen LogP contribution in [0.15, 0.2) is 18.2 Å². The molecule has 0 aliphatic carbocycles. The summed E-state index contributed by atoms with van der Waals surface area (Å²) in [5.41, 5.74) is 1.43. The molecule has 112 valence electrons. The van der Waals surface area contributed by atoms with Gasteiger partial charge in [-0.1, -0.05) is 18.5 Å². The Morgan fingerprint density at radius 1 is 1.40 bits per heavy atom. The summed E-state index contributed by atoms with van der Waals surface area (Å²) in [4.78, 5) is 12.3. The number of rotatable bonds is 8. The number of hydrogen-bond acceptors (Lipinski definition) is 3. The summed E-state index contributed by atoms with van der Waals surface area (Å²) in [7, 11) is 0. The van der Waals surface area contributed by atoms with Gasteiger partial charge in [0.25, 0.3) is 5.91 Å². The number of amides is 1. The summed E-state index contributed by atoms with van der Waals surface area (Å²) < 4.78 is 0. The maximum absolute atomic E-state index is 12.3. The van der Waals surface area contributed by atoms with Crippen molar-refractivity contribution < 1.29 is 4.79 Å². The first kappa shape index (κ1) is 17.2. The number of halogens is 1. The minimum atomic E-state index is -0.0718. The lowest BCUT2D eigenvalue weighted by Gasteiger charge is -2.16. The number of anilines is 1. The predicted molar refractivity (Wildman–Crippen MR) is 90.2 cm³/mol. The molecule has 0 spiro atoms. The van der Waals surface area contributed by atoms with E-state index in [1.54, 1.807) is 12.1 Å². The molecule has 3 nitrogen and oxygen atoms in total. The SMILES string of the molecule is CCNc1ccc(Cl)cc1C(=O)NC(C)CCSCC. The van der Waals surface area contributed by atoms with Gasteiger partial charge in [-0.25, -0.2) is 0 Å². The van der Waals surface area contributed by atoms with E-state index in [2.05, 4.69) is 17.6 Å². The molecule has 1 unspecified atom stereocenters. The van der Waals surface area contributed by atoms with Crippen molar-refractivity contribution in [3.8, 4) is 0 Å². The number of carbonyl (C=O) groups is 1. The summed E-state index contributed by atoms with van der Waals surface area (Å²) in [6.45, 7) is 6.94. The molecule has 0 saturated heterocycles. The minimum Gasteiger partial charge on any atom is -0.385 e. The van der Waals surface area contributed by atoms with Gasteiger partial charge < -0.3 is 10.6 Å². The van der Waals surface area contributed by atoms with Crippen LogP contribution in [-0.4, -0.2) is 30.0 Å². The third-order valence-corrected chi connectivity index (χ3v) is 4.04. The van der Waals surface area contributed by atoms with E-state index in [0.29, 0.717) is 10.6 Å². The Hall–Kier alpha value is -0.870. The minimum absolute atomic E-state index is 0.0718. The molecule has 1 aromatic rings. The molecule has 0 saturated carbocycles. The molecule has 0 aliphatic heterocycles. The van der Waals surface area contributed by atoms with Crippen molar-refractivity contribution in [1.82, 2.24) is 5.32 Å². The number of carbonyl (C=O) groups excluding carboxylic acids is 1. The first-order valence-corrected chi connectivity index (χ1v) is 8.53. The second-order valence-corrected chi connectivity index (χ2v) is 6.41. The number of benzene rings is 1. The molecule has 0 heterocycles. The van der Waals surface area contributed by atoms with E-state index in [-0.39, 0.29) is 11.9 Å². The van der Waals surface area contributed by atoms with Crippen LogP contribution >= 0.6 is 23.4 Å². The molecule has 20 heavy (non-hydrogen) atoms. The monoisotopic (exact) mass is 314 g/mol. The first-order chi connectivity index (χ1) is 9.58. The van der Waals surface area contributed by atoms with E-state index in [1.807, 2.05) is 31.7 Å². The van der Waals surface area contributed by atoms with Gasteiger partial charge >= 0.3 is 0 Å². The lowest BCUT2D eigenvalue weighted by Crippen LogP contribution is -2.33. The average molecular weight is 315 g/mol. The average Bonchev–Trinajstić information content (AvgIpc) is 2.41. The highest BCUT2D eigenvalue weighted by Crippen LogP contribution is 2.21. The molecule has 0 bridgehead atoms. The summed E-state index contributed by atoms with van der Waals surface area (Å²) in [5, 5.41) is 6.79. The Morgan fingerprint density at radius 3 is 2.80 bits per heavy atom. The lowest BCUT2D eigenvalue weighted by molar-refractivity contribution is 0.0940. The zero-order valence-electron chi connectivity index (χ0n) is 12.3. The van der Waals surface area contributed by atoms with Crippen LogP contribution in [0.25, 0.3) is 0 Å². The van der Waals surface area contributed by atoms with Crippen molar-refractivity contribution in [3.05, 3.63) is 28.8 Å². The molecule has 1 atom stereocenters. The molecule has 1 aromatic carbocycles. The van der Waals surface area contributed by atoms with Crippen molar-refractivity contribution in [1.29, 1.82) is 0 Å². The van der Waals surface area contributed by atoms with Crippen molar-refractivity contribution in [2.24, 2.45) is 0 Å². The Kier molecular flexibility index (Phi) is 7.85. The summed E-state index contributed by atoms with van der Waals surface area (Å²) in [6.07, 6.45) is 0.974. The van der Waals surface area contributed by atoms with Gasteiger partial charge in [-0.15, -0.1) is 0 Å². The topological polar surface area (TPSA) is 41.1 Å². The summed E-state index contributed by atoms with van der Waals surface area (Å²) in [5.74, 6) is 2.10. The van der Waals surface area contributed by atoms with Gasteiger partial charge in [0.05, 0.1) is 5.56 Å². The molecular formula is C15H23ClN2OS. The van der Waals surface area contributed by atoms with Crippen molar-refractivity contribution in [3.63, 3.8) is 0 Å². The number of thioether (sulfide) groups is 1. The molecule has 1 rings (SSSR count). The quantitative estimate of drug-likeness (QED) is 0.712. The summed E-state index contributed by atoms with van der Waals surface area (Å²) in [6, 6.07) is 5.51.